The molecule has 0 radical (unpaired) electrons. The van der Waals surface area contributed by atoms with E-state index >= 15 is 4.39 Å². The van der Waals surface area contributed by atoms with Crippen LogP contribution in [0, 0.1) is 11.6 Å². The fourth-order valence-corrected chi connectivity index (χ4v) is 4.23. The summed E-state index contributed by atoms with van der Waals surface area (Å²) in [4.78, 5) is 20.6. The molecule has 0 unspecified atom stereocenters. The van der Waals surface area contributed by atoms with E-state index < -0.39 is 11.7 Å². The Morgan fingerprint density at radius 2 is 1.88 bits per heavy atom. The quantitative estimate of drug-likeness (QED) is 0.428. The summed E-state index contributed by atoms with van der Waals surface area (Å²) in [5.74, 6) is -1.54. The van der Waals surface area contributed by atoms with Crippen LogP contribution < -0.4 is 5.32 Å². The zero-order valence-corrected chi connectivity index (χ0v) is 17.1. The minimum atomic E-state index is -0.596. The van der Waals surface area contributed by atoms with Crippen LogP contribution in [0.4, 0.5) is 14.5 Å². The number of anilines is 1. The summed E-state index contributed by atoms with van der Waals surface area (Å²) in [5.41, 5.74) is 2.19. The number of hydrogen-bond donors (Lipinski definition) is 1. The summed E-state index contributed by atoms with van der Waals surface area (Å²) in [7, 11) is 0. The highest BCUT2D eigenvalue weighted by Crippen LogP contribution is 2.40. The molecule has 5 rings (SSSR count). The van der Waals surface area contributed by atoms with Crippen molar-refractivity contribution >= 4 is 11.6 Å². The number of oxazole rings is 1. The Morgan fingerprint density at radius 3 is 2.59 bits per heavy atom. The molecule has 0 saturated heterocycles. The van der Waals surface area contributed by atoms with Crippen molar-refractivity contribution in [2.45, 2.75) is 31.7 Å². The Kier molecular flexibility index (Phi) is 5.26. The molecule has 4 aromatic rings. The molecule has 8 heteroatoms. The van der Waals surface area contributed by atoms with E-state index in [1.165, 1.54) is 24.4 Å². The van der Waals surface area contributed by atoms with Crippen LogP contribution in [0.1, 0.15) is 42.3 Å². The summed E-state index contributed by atoms with van der Waals surface area (Å²) < 4.78 is 36.2. The molecule has 2 aromatic carbocycles. The number of nitrogens with zero attached hydrogens (tertiary/aromatic N) is 3. The predicted molar refractivity (Wildman–Crippen MR) is 115 cm³/mol. The Hall–Kier alpha value is -3.81. The van der Waals surface area contributed by atoms with E-state index in [0.717, 1.165) is 32.1 Å². The number of aromatic nitrogens is 3. The van der Waals surface area contributed by atoms with E-state index in [9.17, 15) is 9.18 Å². The van der Waals surface area contributed by atoms with Crippen molar-refractivity contribution in [3.63, 3.8) is 0 Å². The third-order valence-electron chi connectivity index (χ3n) is 5.79. The number of benzene rings is 2. The van der Waals surface area contributed by atoms with Crippen LogP contribution in [0.3, 0.4) is 0 Å². The first-order valence-electron chi connectivity index (χ1n) is 10.4. The van der Waals surface area contributed by atoms with Crippen molar-refractivity contribution in [3.05, 3.63) is 78.8 Å². The maximum absolute atomic E-state index is 15.7. The van der Waals surface area contributed by atoms with Crippen LogP contribution in [0.2, 0.25) is 0 Å². The number of nitrogens with one attached hydrogen (secondary N) is 1. The SMILES string of the molecule is O=C(Nc1cccc(-c2c(-c3ccc(F)cc3)ncn2C2CCCC2)c1F)c1cnco1. The van der Waals surface area contributed by atoms with Crippen molar-refractivity contribution in [2.75, 3.05) is 5.32 Å². The summed E-state index contributed by atoms with van der Waals surface area (Å²) in [6.45, 7) is 0. The van der Waals surface area contributed by atoms with Gasteiger partial charge in [-0.25, -0.2) is 18.7 Å². The van der Waals surface area contributed by atoms with Crippen molar-refractivity contribution in [1.82, 2.24) is 14.5 Å². The Morgan fingerprint density at radius 1 is 1.09 bits per heavy atom. The second kappa shape index (κ2) is 8.37. The molecule has 1 N–H and O–H groups in total. The van der Waals surface area contributed by atoms with Crippen LogP contribution >= 0.6 is 0 Å². The van der Waals surface area contributed by atoms with Crippen molar-refractivity contribution < 1.29 is 18.0 Å². The lowest BCUT2D eigenvalue weighted by atomic mass is 10.0. The third-order valence-corrected chi connectivity index (χ3v) is 5.79. The fraction of sp³-hybridized carbons (Fsp3) is 0.208. The van der Waals surface area contributed by atoms with Gasteiger partial charge in [-0.3, -0.25) is 4.79 Å². The van der Waals surface area contributed by atoms with Gasteiger partial charge >= 0.3 is 0 Å². The van der Waals surface area contributed by atoms with E-state index in [-0.39, 0.29) is 23.3 Å². The lowest BCUT2D eigenvalue weighted by Gasteiger charge is -2.18. The smallest absolute Gasteiger partial charge is 0.293 e. The van der Waals surface area contributed by atoms with Gasteiger partial charge in [-0.1, -0.05) is 18.9 Å². The van der Waals surface area contributed by atoms with Crippen LogP contribution in [0.5, 0.6) is 0 Å². The number of carbonyl (C=O) groups is 1. The lowest BCUT2D eigenvalue weighted by Crippen LogP contribution is -2.13. The van der Waals surface area contributed by atoms with E-state index in [1.807, 2.05) is 4.57 Å². The average Bonchev–Trinajstić information content (AvgIpc) is 3.56. The maximum Gasteiger partial charge on any atom is 0.293 e. The molecular weight excluding hydrogens is 414 g/mol. The topological polar surface area (TPSA) is 73.0 Å². The molecule has 1 fully saturated rings. The number of carbonyl (C=O) groups excluding carboxylic acids is 1. The number of amides is 1. The van der Waals surface area contributed by atoms with Gasteiger partial charge in [0.15, 0.2) is 12.2 Å². The highest BCUT2D eigenvalue weighted by molar-refractivity contribution is 6.02. The van der Waals surface area contributed by atoms with E-state index in [4.69, 9.17) is 4.42 Å². The first-order chi connectivity index (χ1) is 15.6. The lowest BCUT2D eigenvalue weighted by molar-refractivity contribution is 0.0996. The second-order valence-corrected chi connectivity index (χ2v) is 7.78. The fourth-order valence-electron chi connectivity index (χ4n) is 4.23. The minimum absolute atomic E-state index is 0.0159. The van der Waals surface area contributed by atoms with Crippen LogP contribution in [-0.4, -0.2) is 20.4 Å². The normalized spacial score (nSPS) is 14.1. The van der Waals surface area contributed by atoms with Crippen LogP contribution in [-0.2, 0) is 0 Å². The van der Waals surface area contributed by atoms with E-state index in [2.05, 4.69) is 15.3 Å². The molecule has 32 heavy (non-hydrogen) atoms. The third kappa shape index (κ3) is 3.68. The number of imidazole rings is 1. The molecule has 1 amide bonds. The molecule has 0 atom stereocenters. The van der Waals surface area contributed by atoms with Gasteiger partial charge in [-0.05, 0) is 49.2 Å². The molecule has 162 valence electrons. The Bertz CT molecular complexity index is 1240. The number of rotatable bonds is 5. The van der Waals surface area contributed by atoms with Gasteiger partial charge in [0.25, 0.3) is 5.91 Å². The summed E-state index contributed by atoms with van der Waals surface area (Å²) >= 11 is 0. The van der Waals surface area contributed by atoms with Gasteiger partial charge in [-0.15, -0.1) is 0 Å². The summed E-state index contributed by atoms with van der Waals surface area (Å²) in [6, 6.07) is 11.0. The molecule has 1 aliphatic carbocycles. The second-order valence-electron chi connectivity index (χ2n) is 7.78. The molecule has 2 aromatic heterocycles. The molecule has 1 saturated carbocycles. The first-order valence-corrected chi connectivity index (χ1v) is 10.4. The first kappa shape index (κ1) is 20.1. The zero-order chi connectivity index (χ0) is 22.1. The van der Waals surface area contributed by atoms with Gasteiger partial charge in [0, 0.05) is 17.2 Å². The predicted octanol–water partition coefficient (Wildman–Crippen LogP) is 5.85. The molecule has 0 aliphatic heterocycles. The number of hydrogen-bond acceptors (Lipinski definition) is 4. The molecule has 1 aliphatic rings. The van der Waals surface area contributed by atoms with Crippen LogP contribution in [0.25, 0.3) is 22.5 Å². The van der Waals surface area contributed by atoms with Crippen LogP contribution in [0.15, 0.2) is 65.8 Å². The van der Waals surface area contributed by atoms with Gasteiger partial charge in [0.1, 0.15) is 5.82 Å². The zero-order valence-electron chi connectivity index (χ0n) is 17.1. The van der Waals surface area contributed by atoms with Crippen molar-refractivity contribution in [1.29, 1.82) is 0 Å². The van der Waals surface area contributed by atoms with Crippen molar-refractivity contribution in [2.24, 2.45) is 0 Å². The summed E-state index contributed by atoms with van der Waals surface area (Å²) in [6.07, 6.45) is 8.29. The Balaban J connectivity index is 1.61. The molecule has 0 spiro atoms. The van der Waals surface area contributed by atoms with Gasteiger partial charge < -0.3 is 14.3 Å². The monoisotopic (exact) mass is 434 g/mol. The summed E-state index contributed by atoms with van der Waals surface area (Å²) in [5, 5.41) is 2.54. The van der Waals surface area contributed by atoms with E-state index in [1.54, 1.807) is 30.6 Å². The highest BCUT2D eigenvalue weighted by atomic mass is 19.1. The largest absolute Gasteiger partial charge is 0.438 e. The number of halogens is 2. The van der Waals surface area contributed by atoms with Gasteiger partial charge in [0.05, 0.1) is 29.6 Å². The van der Waals surface area contributed by atoms with Gasteiger partial charge in [-0.2, -0.15) is 0 Å². The molecular formula is C24H20F2N4O2. The molecule has 0 bridgehead atoms. The van der Waals surface area contributed by atoms with E-state index in [0.29, 0.717) is 22.5 Å². The average molecular weight is 434 g/mol. The Labute approximate surface area is 182 Å². The maximum atomic E-state index is 15.7. The molecule has 2 heterocycles. The van der Waals surface area contributed by atoms with Gasteiger partial charge in [0.2, 0.25) is 5.76 Å². The van der Waals surface area contributed by atoms with Crippen molar-refractivity contribution in [3.8, 4) is 22.5 Å². The highest BCUT2D eigenvalue weighted by Gasteiger charge is 2.26. The molecule has 6 nitrogen and oxygen atoms in total. The minimum Gasteiger partial charge on any atom is -0.438 e. The standard InChI is InChI=1S/C24H20F2N4O2/c25-16-10-8-15(9-11-16)22-23(30(13-28-22)17-4-1-2-5-17)18-6-3-7-19(21(18)26)29-24(31)20-12-27-14-32-20/h3,6-14,17H,1-2,4-5H2,(H,29,31).